The van der Waals surface area contributed by atoms with Gasteiger partial charge in [-0.05, 0) is 24.6 Å². The molecule has 1 aromatic carbocycles. The lowest BCUT2D eigenvalue weighted by atomic mass is 9.98. The number of carboxylic acid groups (broad SMARTS) is 1. The molecule has 0 fully saturated rings. The molecular formula is C12H15FO4. The van der Waals surface area contributed by atoms with Crippen molar-refractivity contribution < 1.29 is 23.8 Å². The maximum atomic E-state index is 12.9. The molecule has 0 aromatic heterocycles. The van der Waals surface area contributed by atoms with E-state index < -0.39 is 18.6 Å². The standard InChI is InChI=1S/C12H15FO4/c1-7(12(14)15)8-4-9(6-13)11(17-3)10(5-8)16-2/h4-5,7H,6H2,1-3H3,(H,14,15). The predicted octanol–water partition coefficient (Wildman–Crippen LogP) is 2.36. The summed E-state index contributed by atoms with van der Waals surface area (Å²) in [6.45, 7) is 0.797. The van der Waals surface area contributed by atoms with Crippen molar-refractivity contribution in [2.45, 2.75) is 19.5 Å². The number of halogens is 1. The van der Waals surface area contributed by atoms with Crippen molar-refractivity contribution in [1.29, 1.82) is 0 Å². The van der Waals surface area contributed by atoms with Gasteiger partial charge in [-0.3, -0.25) is 4.79 Å². The Hall–Kier alpha value is -1.78. The topological polar surface area (TPSA) is 55.8 Å². The van der Waals surface area contributed by atoms with E-state index in [-0.39, 0.29) is 5.56 Å². The second-order valence-corrected chi connectivity index (χ2v) is 3.61. The van der Waals surface area contributed by atoms with Crippen LogP contribution in [0, 0.1) is 0 Å². The van der Waals surface area contributed by atoms with Gasteiger partial charge in [0.2, 0.25) is 0 Å². The van der Waals surface area contributed by atoms with Gasteiger partial charge >= 0.3 is 5.97 Å². The first-order valence-electron chi connectivity index (χ1n) is 5.08. The first-order valence-corrected chi connectivity index (χ1v) is 5.08. The molecule has 0 spiro atoms. The minimum absolute atomic E-state index is 0.287. The van der Waals surface area contributed by atoms with E-state index in [2.05, 4.69) is 0 Å². The van der Waals surface area contributed by atoms with Crippen LogP contribution < -0.4 is 9.47 Å². The Kier molecular flexibility index (Phi) is 4.31. The van der Waals surface area contributed by atoms with Gasteiger partial charge in [0.15, 0.2) is 11.5 Å². The Morgan fingerprint density at radius 2 is 2.06 bits per heavy atom. The summed E-state index contributed by atoms with van der Waals surface area (Å²) < 4.78 is 23.0. The zero-order valence-corrected chi connectivity index (χ0v) is 9.99. The van der Waals surface area contributed by atoms with Gasteiger partial charge in [-0.1, -0.05) is 0 Å². The van der Waals surface area contributed by atoms with Gasteiger partial charge in [-0.25, -0.2) is 4.39 Å². The van der Waals surface area contributed by atoms with Crippen LogP contribution in [0.1, 0.15) is 24.0 Å². The summed E-state index contributed by atoms with van der Waals surface area (Å²) in [5.74, 6) is -1.05. The highest BCUT2D eigenvalue weighted by Gasteiger charge is 2.19. The number of ether oxygens (including phenoxy) is 2. The molecular weight excluding hydrogens is 227 g/mol. The molecule has 1 atom stereocenters. The fourth-order valence-corrected chi connectivity index (χ4v) is 1.56. The smallest absolute Gasteiger partial charge is 0.310 e. The van der Waals surface area contributed by atoms with Gasteiger partial charge in [-0.15, -0.1) is 0 Å². The maximum Gasteiger partial charge on any atom is 0.310 e. The Morgan fingerprint density at radius 3 is 2.47 bits per heavy atom. The predicted molar refractivity (Wildman–Crippen MR) is 60.4 cm³/mol. The molecule has 4 nitrogen and oxygen atoms in total. The van der Waals surface area contributed by atoms with E-state index >= 15 is 0 Å². The van der Waals surface area contributed by atoms with E-state index in [9.17, 15) is 9.18 Å². The highest BCUT2D eigenvalue weighted by molar-refractivity contribution is 5.76. The number of methoxy groups -OCH3 is 2. The number of hydrogen-bond donors (Lipinski definition) is 1. The van der Waals surface area contributed by atoms with Gasteiger partial charge in [0, 0.05) is 5.56 Å². The van der Waals surface area contributed by atoms with Crippen LogP contribution >= 0.6 is 0 Å². The van der Waals surface area contributed by atoms with Crippen LogP contribution in [0.5, 0.6) is 11.5 Å². The van der Waals surface area contributed by atoms with Crippen molar-refractivity contribution >= 4 is 5.97 Å². The molecule has 1 aromatic rings. The third kappa shape index (κ3) is 2.67. The highest BCUT2D eigenvalue weighted by atomic mass is 19.1. The largest absolute Gasteiger partial charge is 0.493 e. The molecule has 0 saturated carbocycles. The Bertz CT molecular complexity index is 392. The molecule has 0 aliphatic carbocycles. The second-order valence-electron chi connectivity index (χ2n) is 3.61. The number of hydrogen-bond acceptors (Lipinski definition) is 3. The molecule has 1 unspecified atom stereocenters. The van der Waals surface area contributed by atoms with Crippen molar-refractivity contribution in [3.8, 4) is 11.5 Å². The number of aliphatic carboxylic acids is 1. The molecule has 0 radical (unpaired) electrons. The summed E-state index contributed by atoms with van der Waals surface area (Å²) in [6, 6.07) is 3.04. The van der Waals surface area contributed by atoms with Crippen LogP contribution in [0.4, 0.5) is 4.39 Å². The molecule has 0 bridgehead atoms. The quantitative estimate of drug-likeness (QED) is 0.861. The lowest BCUT2D eigenvalue weighted by Crippen LogP contribution is -2.08. The highest BCUT2D eigenvalue weighted by Crippen LogP contribution is 2.35. The van der Waals surface area contributed by atoms with Crippen LogP contribution in [0.15, 0.2) is 12.1 Å². The van der Waals surface area contributed by atoms with Crippen LogP contribution in [-0.2, 0) is 11.5 Å². The van der Waals surface area contributed by atoms with Crippen LogP contribution in [0.25, 0.3) is 0 Å². The lowest BCUT2D eigenvalue weighted by Gasteiger charge is -2.15. The maximum absolute atomic E-state index is 12.9. The van der Waals surface area contributed by atoms with Crippen molar-refractivity contribution in [2.75, 3.05) is 14.2 Å². The fourth-order valence-electron chi connectivity index (χ4n) is 1.56. The van der Waals surface area contributed by atoms with Gasteiger partial charge < -0.3 is 14.6 Å². The van der Waals surface area contributed by atoms with Crippen molar-refractivity contribution in [1.82, 2.24) is 0 Å². The average molecular weight is 242 g/mol. The molecule has 17 heavy (non-hydrogen) atoms. The summed E-state index contributed by atoms with van der Waals surface area (Å²) in [5.41, 5.74) is 0.776. The van der Waals surface area contributed by atoms with E-state index in [0.717, 1.165) is 0 Å². The first kappa shape index (κ1) is 13.3. The number of carboxylic acids is 1. The summed E-state index contributed by atoms with van der Waals surface area (Å²) in [6.07, 6.45) is 0. The van der Waals surface area contributed by atoms with E-state index in [0.29, 0.717) is 17.1 Å². The molecule has 0 aliphatic heterocycles. The van der Waals surface area contributed by atoms with E-state index in [1.807, 2.05) is 0 Å². The normalized spacial score (nSPS) is 12.0. The molecule has 1 N–H and O–H groups in total. The fraction of sp³-hybridized carbons (Fsp3) is 0.417. The number of benzene rings is 1. The Balaban J connectivity index is 3.31. The van der Waals surface area contributed by atoms with Crippen molar-refractivity contribution in [3.05, 3.63) is 23.3 Å². The summed E-state index contributed by atoms with van der Waals surface area (Å²) >= 11 is 0. The zero-order valence-electron chi connectivity index (χ0n) is 9.99. The number of carbonyl (C=O) groups is 1. The SMILES string of the molecule is COc1cc(C(C)C(=O)O)cc(CF)c1OC. The summed E-state index contributed by atoms with van der Waals surface area (Å²) in [4.78, 5) is 10.9. The molecule has 0 heterocycles. The molecule has 94 valence electrons. The second kappa shape index (κ2) is 5.52. The average Bonchev–Trinajstić information content (AvgIpc) is 2.35. The number of rotatable bonds is 5. The van der Waals surface area contributed by atoms with Crippen molar-refractivity contribution in [2.24, 2.45) is 0 Å². The lowest BCUT2D eigenvalue weighted by molar-refractivity contribution is -0.138. The minimum Gasteiger partial charge on any atom is -0.493 e. The van der Waals surface area contributed by atoms with Gasteiger partial charge in [-0.2, -0.15) is 0 Å². The Morgan fingerprint density at radius 1 is 1.41 bits per heavy atom. The monoisotopic (exact) mass is 242 g/mol. The molecule has 0 saturated heterocycles. The van der Waals surface area contributed by atoms with Crippen LogP contribution in [0.3, 0.4) is 0 Å². The van der Waals surface area contributed by atoms with Crippen LogP contribution in [0.2, 0.25) is 0 Å². The van der Waals surface area contributed by atoms with Gasteiger partial charge in [0.1, 0.15) is 6.67 Å². The molecule has 0 amide bonds. The zero-order chi connectivity index (χ0) is 13.0. The van der Waals surface area contributed by atoms with Crippen LogP contribution in [-0.4, -0.2) is 25.3 Å². The number of alkyl halides is 1. The van der Waals surface area contributed by atoms with E-state index in [4.69, 9.17) is 14.6 Å². The summed E-state index contributed by atoms with van der Waals surface area (Å²) in [7, 11) is 2.84. The van der Waals surface area contributed by atoms with E-state index in [1.54, 1.807) is 6.07 Å². The summed E-state index contributed by atoms with van der Waals surface area (Å²) in [5, 5.41) is 8.92. The third-order valence-electron chi connectivity index (χ3n) is 2.59. The minimum atomic E-state index is -0.970. The van der Waals surface area contributed by atoms with Gasteiger partial charge in [0.05, 0.1) is 20.1 Å². The molecule has 1 rings (SSSR count). The van der Waals surface area contributed by atoms with Gasteiger partial charge in [0.25, 0.3) is 0 Å². The third-order valence-corrected chi connectivity index (χ3v) is 2.59. The Labute approximate surface area is 99.0 Å². The first-order chi connectivity index (χ1) is 8.04. The molecule has 0 aliphatic rings. The van der Waals surface area contributed by atoms with E-state index in [1.165, 1.54) is 27.2 Å². The molecule has 5 heteroatoms. The van der Waals surface area contributed by atoms with Crippen molar-refractivity contribution in [3.63, 3.8) is 0 Å².